The minimum absolute atomic E-state index is 0.0699. The van der Waals surface area contributed by atoms with Gasteiger partial charge in [-0.25, -0.2) is 0 Å². The highest BCUT2D eigenvalue weighted by molar-refractivity contribution is 7.80. The van der Waals surface area contributed by atoms with E-state index >= 15 is 0 Å². The number of anilines is 1. The predicted molar refractivity (Wildman–Crippen MR) is 129 cm³/mol. The van der Waals surface area contributed by atoms with Gasteiger partial charge in [-0.15, -0.1) is 11.3 Å². The first-order valence-electron chi connectivity index (χ1n) is 9.91. The quantitative estimate of drug-likeness (QED) is 0.548. The van der Waals surface area contributed by atoms with Crippen LogP contribution >= 0.6 is 35.2 Å². The third kappa shape index (κ3) is 5.19. The lowest BCUT2D eigenvalue weighted by atomic mass is 9.72. The molecule has 0 fully saturated rings. The van der Waals surface area contributed by atoms with Crippen LogP contribution in [0.1, 0.15) is 58.3 Å². The Labute approximate surface area is 196 Å². The first-order chi connectivity index (χ1) is 14.5. The molecular weight excluding hydrogens is 454 g/mol. The molecule has 1 aromatic heterocycles. The molecule has 0 spiro atoms. The van der Waals surface area contributed by atoms with E-state index in [1.54, 1.807) is 12.1 Å². The summed E-state index contributed by atoms with van der Waals surface area (Å²) in [6, 6.07) is 4.75. The van der Waals surface area contributed by atoms with Crippen LogP contribution in [0.5, 0.6) is 5.75 Å². The standard InChI is InChI=1S/C22H26ClN3O3S2/c1-22(2,3)11-5-7-13-16(9-11)31-20(17(13)18(24)27)26-21(30)25-19(28)14-10-12(23)6-8-15(14)29-4/h6,8,10-11H,5,7,9H2,1-4H3,(H2,24,27)(H2,25,26,28,30)/t11-/m0/s1. The van der Waals surface area contributed by atoms with Gasteiger partial charge in [-0.05, 0) is 66.6 Å². The average molecular weight is 480 g/mol. The number of nitrogens with two attached hydrogens (primary N) is 1. The van der Waals surface area contributed by atoms with Crippen molar-refractivity contribution in [3.05, 3.63) is 44.8 Å². The number of hydrogen-bond acceptors (Lipinski definition) is 5. The van der Waals surface area contributed by atoms with Gasteiger partial charge in [0.1, 0.15) is 10.8 Å². The summed E-state index contributed by atoms with van der Waals surface area (Å²) in [7, 11) is 1.47. The number of nitrogens with one attached hydrogen (secondary N) is 2. The Bertz CT molecular complexity index is 1040. The molecule has 2 aromatic rings. The number of amides is 2. The first kappa shape index (κ1) is 23.5. The molecule has 9 heteroatoms. The largest absolute Gasteiger partial charge is 0.496 e. The van der Waals surface area contributed by atoms with E-state index in [9.17, 15) is 9.59 Å². The number of halogens is 1. The van der Waals surface area contributed by atoms with Crippen molar-refractivity contribution < 1.29 is 14.3 Å². The molecule has 2 amide bonds. The topological polar surface area (TPSA) is 93.4 Å². The van der Waals surface area contributed by atoms with E-state index in [1.165, 1.54) is 24.5 Å². The number of primary amides is 1. The van der Waals surface area contributed by atoms with Gasteiger partial charge < -0.3 is 15.8 Å². The van der Waals surface area contributed by atoms with E-state index in [0.29, 0.717) is 27.3 Å². The number of carbonyl (C=O) groups is 2. The maximum absolute atomic E-state index is 12.7. The van der Waals surface area contributed by atoms with Gasteiger partial charge in [0, 0.05) is 9.90 Å². The van der Waals surface area contributed by atoms with Crippen LogP contribution in [0.25, 0.3) is 0 Å². The van der Waals surface area contributed by atoms with Gasteiger partial charge >= 0.3 is 0 Å². The number of hydrogen-bond donors (Lipinski definition) is 3. The summed E-state index contributed by atoms with van der Waals surface area (Å²) in [5, 5.41) is 6.66. The third-order valence-corrected chi connectivity index (χ3v) is 7.21. The van der Waals surface area contributed by atoms with E-state index < -0.39 is 11.8 Å². The summed E-state index contributed by atoms with van der Waals surface area (Å²) in [6.07, 6.45) is 2.69. The zero-order valence-corrected chi connectivity index (χ0v) is 20.3. The van der Waals surface area contributed by atoms with E-state index in [1.807, 2.05) is 0 Å². The molecular formula is C22H26ClN3O3S2. The maximum Gasteiger partial charge on any atom is 0.261 e. The number of fused-ring (bicyclic) bond motifs is 1. The molecule has 166 valence electrons. The van der Waals surface area contributed by atoms with Gasteiger partial charge in [0.25, 0.3) is 11.8 Å². The average Bonchev–Trinajstić information content (AvgIpc) is 3.04. The molecule has 1 aliphatic rings. The lowest BCUT2D eigenvalue weighted by molar-refractivity contribution is 0.0972. The van der Waals surface area contributed by atoms with E-state index in [0.717, 1.165) is 29.7 Å². The molecule has 31 heavy (non-hydrogen) atoms. The monoisotopic (exact) mass is 479 g/mol. The third-order valence-electron chi connectivity index (χ3n) is 5.60. The van der Waals surface area contributed by atoms with E-state index in [2.05, 4.69) is 31.4 Å². The summed E-state index contributed by atoms with van der Waals surface area (Å²) in [5.74, 6) is -0.0667. The summed E-state index contributed by atoms with van der Waals surface area (Å²) >= 11 is 12.8. The lowest BCUT2D eigenvalue weighted by Crippen LogP contribution is -2.34. The van der Waals surface area contributed by atoms with Gasteiger partial charge in [-0.3, -0.25) is 14.9 Å². The molecule has 0 radical (unpaired) electrons. The van der Waals surface area contributed by atoms with Crippen molar-refractivity contribution in [3.8, 4) is 5.75 Å². The normalized spacial score (nSPS) is 15.7. The maximum atomic E-state index is 12.7. The molecule has 0 bridgehead atoms. The van der Waals surface area contributed by atoms with Crippen LogP contribution in [0.3, 0.4) is 0 Å². The number of rotatable bonds is 4. The molecule has 0 saturated heterocycles. The molecule has 6 nitrogen and oxygen atoms in total. The second kappa shape index (κ2) is 9.14. The van der Waals surface area contributed by atoms with Crippen molar-refractivity contribution in [3.63, 3.8) is 0 Å². The number of benzene rings is 1. The summed E-state index contributed by atoms with van der Waals surface area (Å²) in [5.41, 5.74) is 7.59. The highest BCUT2D eigenvalue weighted by Gasteiger charge is 2.33. The summed E-state index contributed by atoms with van der Waals surface area (Å²) in [6.45, 7) is 6.71. The zero-order chi connectivity index (χ0) is 22.9. The van der Waals surface area contributed by atoms with Crippen LogP contribution in [0.4, 0.5) is 5.00 Å². The molecule has 0 saturated carbocycles. The van der Waals surface area contributed by atoms with Crippen molar-refractivity contribution >= 4 is 57.1 Å². The molecule has 0 aliphatic heterocycles. The Balaban J connectivity index is 1.81. The molecule has 3 rings (SSSR count). The molecule has 1 aliphatic carbocycles. The minimum atomic E-state index is -0.500. The highest BCUT2D eigenvalue weighted by Crippen LogP contribution is 2.44. The lowest BCUT2D eigenvalue weighted by Gasteiger charge is -2.33. The van der Waals surface area contributed by atoms with Crippen LogP contribution < -0.4 is 21.1 Å². The Morgan fingerprint density at radius 1 is 1.32 bits per heavy atom. The predicted octanol–water partition coefficient (Wildman–Crippen LogP) is 4.79. The first-order valence-corrected chi connectivity index (χ1v) is 11.5. The van der Waals surface area contributed by atoms with Gasteiger partial charge in [-0.1, -0.05) is 32.4 Å². The number of methoxy groups -OCH3 is 1. The van der Waals surface area contributed by atoms with Gasteiger partial charge in [0.2, 0.25) is 0 Å². The zero-order valence-electron chi connectivity index (χ0n) is 17.9. The van der Waals surface area contributed by atoms with Gasteiger partial charge in [0.15, 0.2) is 5.11 Å². The number of ether oxygens (including phenoxy) is 1. The summed E-state index contributed by atoms with van der Waals surface area (Å²) in [4.78, 5) is 26.0. The minimum Gasteiger partial charge on any atom is -0.496 e. The fourth-order valence-corrected chi connectivity index (χ4v) is 5.60. The molecule has 1 atom stereocenters. The molecule has 0 unspecified atom stereocenters. The Kier molecular flexibility index (Phi) is 6.93. The number of thiocarbonyl (C=S) groups is 1. The van der Waals surface area contributed by atoms with Crippen LogP contribution in [0.2, 0.25) is 5.02 Å². The highest BCUT2D eigenvalue weighted by atomic mass is 35.5. The second-order valence-corrected chi connectivity index (χ2v) is 10.6. The fraction of sp³-hybridized carbons (Fsp3) is 0.409. The van der Waals surface area contributed by atoms with Crippen molar-refractivity contribution in [2.45, 2.75) is 40.0 Å². The SMILES string of the molecule is COc1ccc(Cl)cc1C(=O)NC(=S)Nc1sc2c(c1C(N)=O)CC[C@H](C(C)(C)C)C2. The smallest absolute Gasteiger partial charge is 0.261 e. The molecule has 1 aromatic carbocycles. The van der Waals surface area contributed by atoms with Crippen LogP contribution in [0, 0.1) is 11.3 Å². The summed E-state index contributed by atoms with van der Waals surface area (Å²) < 4.78 is 5.22. The van der Waals surface area contributed by atoms with E-state index in [4.69, 9.17) is 34.3 Å². The van der Waals surface area contributed by atoms with Crippen LogP contribution in [0.15, 0.2) is 18.2 Å². The Morgan fingerprint density at radius 3 is 2.65 bits per heavy atom. The Morgan fingerprint density at radius 2 is 2.03 bits per heavy atom. The second-order valence-electron chi connectivity index (χ2n) is 8.63. The van der Waals surface area contributed by atoms with Crippen molar-refractivity contribution in [1.82, 2.24) is 5.32 Å². The molecule has 1 heterocycles. The van der Waals surface area contributed by atoms with Crippen LogP contribution in [-0.4, -0.2) is 24.0 Å². The number of carbonyl (C=O) groups excluding carboxylic acids is 2. The molecule has 4 N–H and O–H groups in total. The van der Waals surface area contributed by atoms with E-state index in [-0.39, 0.29) is 16.1 Å². The number of thiophene rings is 1. The Hall–Kier alpha value is -2.16. The van der Waals surface area contributed by atoms with Crippen molar-refractivity contribution in [1.29, 1.82) is 0 Å². The van der Waals surface area contributed by atoms with Crippen LogP contribution in [-0.2, 0) is 12.8 Å². The van der Waals surface area contributed by atoms with Gasteiger partial charge in [-0.2, -0.15) is 0 Å². The van der Waals surface area contributed by atoms with Crippen molar-refractivity contribution in [2.24, 2.45) is 17.1 Å². The van der Waals surface area contributed by atoms with Crippen molar-refractivity contribution in [2.75, 3.05) is 12.4 Å². The fourth-order valence-electron chi connectivity index (χ4n) is 3.84. The van der Waals surface area contributed by atoms with Gasteiger partial charge in [0.05, 0.1) is 18.2 Å².